The largest absolute Gasteiger partial charge is 0.488 e. The second kappa shape index (κ2) is 7.55. The molecule has 1 amide bonds. The summed E-state index contributed by atoms with van der Waals surface area (Å²) in [5, 5.41) is 0. The summed E-state index contributed by atoms with van der Waals surface area (Å²) in [5.74, 6) is 1.04. The minimum absolute atomic E-state index is 0.0258. The number of carbonyl (C=O) groups excluding carboxylic acids is 1. The molecule has 2 heterocycles. The Labute approximate surface area is 147 Å². The number of benzene rings is 1. The summed E-state index contributed by atoms with van der Waals surface area (Å²) in [4.78, 5) is 25.8. The molecule has 0 aliphatic carbocycles. The van der Waals surface area contributed by atoms with E-state index >= 15 is 0 Å². The molecule has 0 saturated carbocycles. The van der Waals surface area contributed by atoms with Crippen molar-refractivity contribution in [1.82, 2.24) is 4.90 Å². The molecule has 1 aliphatic rings. The van der Waals surface area contributed by atoms with E-state index in [0.717, 1.165) is 19.3 Å². The highest BCUT2D eigenvalue weighted by Crippen LogP contribution is 2.20. The van der Waals surface area contributed by atoms with Gasteiger partial charge in [0.1, 0.15) is 17.6 Å². The second-order valence-corrected chi connectivity index (χ2v) is 6.45. The predicted molar refractivity (Wildman–Crippen MR) is 95.1 cm³/mol. The monoisotopic (exact) mass is 341 g/mol. The fourth-order valence-corrected chi connectivity index (χ4v) is 3.13. The van der Waals surface area contributed by atoms with Gasteiger partial charge in [0.25, 0.3) is 5.91 Å². The number of ether oxygens (including phenoxy) is 1. The third kappa shape index (κ3) is 4.29. The smallest absolute Gasteiger partial charge is 0.339 e. The van der Waals surface area contributed by atoms with Gasteiger partial charge in [-0.1, -0.05) is 25.5 Å². The first kappa shape index (κ1) is 17.3. The summed E-state index contributed by atoms with van der Waals surface area (Å²) < 4.78 is 10.8. The maximum absolute atomic E-state index is 12.6. The second-order valence-electron chi connectivity index (χ2n) is 6.45. The quantitative estimate of drug-likeness (QED) is 0.838. The van der Waals surface area contributed by atoms with Crippen molar-refractivity contribution in [3.05, 3.63) is 63.7 Å². The molecule has 1 unspecified atom stereocenters. The predicted octanol–water partition coefficient (Wildman–Crippen LogP) is 3.19. The van der Waals surface area contributed by atoms with Gasteiger partial charge >= 0.3 is 5.63 Å². The first-order chi connectivity index (χ1) is 12.0. The Morgan fingerprint density at radius 2 is 2.04 bits per heavy atom. The van der Waals surface area contributed by atoms with E-state index in [1.54, 1.807) is 17.9 Å². The molecule has 5 nitrogen and oxygen atoms in total. The average molecular weight is 341 g/mol. The Hall–Kier alpha value is -2.56. The Morgan fingerprint density at radius 1 is 1.28 bits per heavy atom. The number of nitrogens with zero attached hydrogens (tertiary/aromatic N) is 1. The Bertz CT molecular complexity index is 794. The molecule has 132 valence electrons. The SMILES string of the molecule is CCCc1ccc(C(=O)N2CCC(Oc3cc(C)oc(=O)c3)C2)cc1. The van der Waals surface area contributed by atoms with Crippen molar-refractivity contribution in [2.24, 2.45) is 0 Å². The molecule has 1 fully saturated rings. The summed E-state index contributed by atoms with van der Waals surface area (Å²) in [6, 6.07) is 10.9. The highest BCUT2D eigenvalue weighted by molar-refractivity contribution is 5.94. The molecular weight excluding hydrogens is 318 g/mol. The number of hydrogen-bond acceptors (Lipinski definition) is 4. The summed E-state index contributed by atoms with van der Waals surface area (Å²) in [5.41, 5.74) is 1.53. The molecule has 0 radical (unpaired) electrons. The zero-order valence-electron chi connectivity index (χ0n) is 14.7. The van der Waals surface area contributed by atoms with E-state index in [2.05, 4.69) is 6.92 Å². The van der Waals surface area contributed by atoms with Gasteiger partial charge in [-0.05, 0) is 31.0 Å². The summed E-state index contributed by atoms with van der Waals surface area (Å²) in [6.45, 7) is 5.03. The van der Waals surface area contributed by atoms with E-state index < -0.39 is 5.63 Å². The van der Waals surface area contributed by atoms with Crippen LogP contribution in [0.5, 0.6) is 5.75 Å². The van der Waals surface area contributed by atoms with Gasteiger partial charge in [-0.3, -0.25) is 4.79 Å². The highest BCUT2D eigenvalue weighted by atomic mass is 16.5. The van der Waals surface area contributed by atoms with Crippen LogP contribution in [0.2, 0.25) is 0 Å². The third-order valence-corrected chi connectivity index (χ3v) is 4.34. The molecule has 0 N–H and O–H groups in total. The topological polar surface area (TPSA) is 59.8 Å². The van der Waals surface area contributed by atoms with Crippen LogP contribution < -0.4 is 10.4 Å². The number of rotatable bonds is 5. The van der Waals surface area contributed by atoms with Gasteiger partial charge in [-0.2, -0.15) is 0 Å². The lowest BCUT2D eigenvalue weighted by Crippen LogP contribution is -2.31. The van der Waals surface area contributed by atoms with E-state index in [-0.39, 0.29) is 12.0 Å². The van der Waals surface area contributed by atoms with Crippen LogP contribution in [0.3, 0.4) is 0 Å². The molecule has 1 atom stereocenters. The number of carbonyl (C=O) groups is 1. The van der Waals surface area contributed by atoms with E-state index in [0.29, 0.717) is 30.2 Å². The van der Waals surface area contributed by atoms with Crippen molar-refractivity contribution in [3.63, 3.8) is 0 Å². The number of likely N-dealkylation sites (tertiary alicyclic amines) is 1. The molecule has 0 bridgehead atoms. The van der Waals surface area contributed by atoms with E-state index in [1.807, 2.05) is 24.3 Å². The van der Waals surface area contributed by atoms with Crippen LogP contribution in [0, 0.1) is 6.92 Å². The molecule has 2 aromatic rings. The fraction of sp³-hybridized carbons (Fsp3) is 0.400. The molecular formula is C20H23NO4. The maximum atomic E-state index is 12.6. The van der Waals surface area contributed by atoms with Gasteiger partial charge in [0.15, 0.2) is 0 Å². The molecule has 1 aromatic carbocycles. The van der Waals surface area contributed by atoms with E-state index in [1.165, 1.54) is 11.6 Å². The van der Waals surface area contributed by atoms with Crippen LogP contribution in [0.15, 0.2) is 45.6 Å². The van der Waals surface area contributed by atoms with Crippen molar-refractivity contribution in [2.45, 2.75) is 39.2 Å². The van der Waals surface area contributed by atoms with Gasteiger partial charge in [-0.25, -0.2) is 4.79 Å². The van der Waals surface area contributed by atoms with Crippen LogP contribution in [0.25, 0.3) is 0 Å². The summed E-state index contributed by atoms with van der Waals surface area (Å²) >= 11 is 0. The van der Waals surface area contributed by atoms with Crippen LogP contribution in [-0.4, -0.2) is 30.0 Å². The fourth-order valence-electron chi connectivity index (χ4n) is 3.13. The first-order valence-electron chi connectivity index (χ1n) is 8.72. The van der Waals surface area contributed by atoms with Crippen LogP contribution in [0.1, 0.15) is 41.4 Å². The van der Waals surface area contributed by atoms with Gasteiger partial charge < -0.3 is 14.1 Å². The Balaban J connectivity index is 1.61. The van der Waals surface area contributed by atoms with Gasteiger partial charge in [0, 0.05) is 24.6 Å². The minimum atomic E-state index is -0.423. The van der Waals surface area contributed by atoms with Crippen molar-refractivity contribution in [1.29, 1.82) is 0 Å². The normalized spacial score (nSPS) is 16.9. The van der Waals surface area contributed by atoms with Crippen molar-refractivity contribution in [2.75, 3.05) is 13.1 Å². The van der Waals surface area contributed by atoms with Crippen molar-refractivity contribution < 1.29 is 13.9 Å². The molecule has 0 spiro atoms. The zero-order valence-corrected chi connectivity index (χ0v) is 14.7. The molecule has 25 heavy (non-hydrogen) atoms. The van der Waals surface area contributed by atoms with Crippen LogP contribution in [-0.2, 0) is 6.42 Å². The van der Waals surface area contributed by atoms with E-state index in [4.69, 9.17) is 9.15 Å². The van der Waals surface area contributed by atoms with Crippen molar-refractivity contribution in [3.8, 4) is 5.75 Å². The minimum Gasteiger partial charge on any atom is -0.488 e. The number of aryl methyl sites for hydroxylation is 2. The number of hydrogen-bond donors (Lipinski definition) is 0. The molecule has 1 saturated heterocycles. The van der Waals surface area contributed by atoms with Gasteiger partial charge in [0.2, 0.25) is 0 Å². The zero-order chi connectivity index (χ0) is 17.8. The van der Waals surface area contributed by atoms with Gasteiger partial charge in [-0.15, -0.1) is 0 Å². The van der Waals surface area contributed by atoms with E-state index in [9.17, 15) is 9.59 Å². The summed E-state index contributed by atoms with van der Waals surface area (Å²) in [7, 11) is 0. The molecule has 1 aromatic heterocycles. The summed E-state index contributed by atoms with van der Waals surface area (Å²) in [6.07, 6.45) is 2.76. The lowest BCUT2D eigenvalue weighted by atomic mass is 10.1. The first-order valence-corrected chi connectivity index (χ1v) is 8.72. The van der Waals surface area contributed by atoms with Crippen molar-refractivity contribution >= 4 is 5.91 Å². The third-order valence-electron chi connectivity index (χ3n) is 4.34. The standard InChI is InChI=1S/C20H23NO4/c1-3-4-15-5-7-16(8-6-15)20(23)21-10-9-17(13-21)25-18-11-14(2)24-19(22)12-18/h5-8,11-12,17H,3-4,9-10,13H2,1-2H3. The molecule has 5 heteroatoms. The van der Waals surface area contributed by atoms with Crippen LogP contribution >= 0.6 is 0 Å². The highest BCUT2D eigenvalue weighted by Gasteiger charge is 2.28. The van der Waals surface area contributed by atoms with Crippen LogP contribution in [0.4, 0.5) is 0 Å². The lowest BCUT2D eigenvalue weighted by molar-refractivity contribution is 0.0772. The molecule has 1 aliphatic heterocycles. The Kier molecular flexibility index (Phi) is 5.22. The number of amides is 1. The Morgan fingerprint density at radius 3 is 2.72 bits per heavy atom. The average Bonchev–Trinajstić information content (AvgIpc) is 3.02. The van der Waals surface area contributed by atoms with Gasteiger partial charge in [0.05, 0.1) is 12.6 Å². The lowest BCUT2D eigenvalue weighted by Gasteiger charge is -2.17. The maximum Gasteiger partial charge on any atom is 0.339 e. The molecule has 3 rings (SSSR count).